The highest BCUT2D eigenvalue weighted by Gasteiger charge is 2.26. The van der Waals surface area contributed by atoms with Gasteiger partial charge in [-0.3, -0.25) is 0 Å². The van der Waals surface area contributed by atoms with Crippen molar-refractivity contribution in [3.63, 3.8) is 0 Å². The molecule has 1 fully saturated rings. The van der Waals surface area contributed by atoms with Gasteiger partial charge in [0.05, 0.1) is 25.9 Å². The number of morpholine rings is 1. The van der Waals surface area contributed by atoms with Crippen molar-refractivity contribution in [1.82, 2.24) is 10.2 Å². The van der Waals surface area contributed by atoms with Gasteiger partial charge in [0.2, 0.25) is 0 Å². The molecule has 2 rings (SSSR count). The van der Waals surface area contributed by atoms with Gasteiger partial charge < -0.3 is 25.4 Å². The van der Waals surface area contributed by atoms with Gasteiger partial charge in [0, 0.05) is 18.3 Å². The van der Waals surface area contributed by atoms with Crippen LogP contribution in [-0.2, 0) is 4.74 Å². The summed E-state index contributed by atoms with van der Waals surface area (Å²) in [7, 11) is 1.90. The topological polar surface area (TPSA) is 73.8 Å². The van der Waals surface area contributed by atoms with Crippen LogP contribution in [0.15, 0.2) is 24.3 Å². The lowest BCUT2D eigenvalue weighted by atomic mass is 10.1. The molecule has 0 aromatic heterocycles. The molecule has 116 valence electrons. The van der Waals surface area contributed by atoms with Crippen molar-refractivity contribution in [2.45, 2.75) is 19.0 Å². The van der Waals surface area contributed by atoms with Crippen LogP contribution in [0.5, 0.6) is 0 Å². The number of nitrogens with zero attached hydrogens (tertiary/aromatic N) is 1. The fourth-order valence-corrected chi connectivity index (χ4v) is 2.32. The summed E-state index contributed by atoms with van der Waals surface area (Å²) in [5.74, 6) is 0. The highest BCUT2D eigenvalue weighted by molar-refractivity contribution is 5.89. The van der Waals surface area contributed by atoms with Crippen LogP contribution >= 0.6 is 0 Å². The molecule has 1 heterocycles. The van der Waals surface area contributed by atoms with E-state index < -0.39 is 0 Å². The van der Waals surface area contributed by atoms with E-state index in [4.69, 9.17) is 4.74 Å². The monoisotopic (exact) mass is 293 g/mol. The zero-order valence-corrected chi connectivity index (χ0v) is 12.5. The number of aliphatic hydroxyl groups excluding tert-OH is 1. The molecule has 3 N–H and O–H groups in total. The number of carbonyl (C=O) groups excluding carboxylic acids is 1. The van der Waals surface area contributed by atoms with Crippen LogP contribution in [0.1, 0.15) is 18.5 Å². The van der Waals surface area contributed by atoms with Gasteiger partial charge in [-0.1, -0.05) is 12.1 Å². The first-order chi connectivity index (χ1) is 10.2. The molecular formula is C15H23N3O3. The Kier molecular flexibility index (Phi) is 5.55. The summed E-state index contributed by atoms with van der Waals surface area (Å²) in [5.41, 5.74) is 1.86. The van der Waals surface area contributed by atoms with Crippen molar-refractivity contribution in [3.05, 3.63) is 29.8 Å². The number of hydrogen-bond donors (Lipinski definition) is 3. The molecule has 2 unspecified atom stereocenters. The quantitative estimate of drug-likeness (QED) is 0.779. The van der Waals surface area contributed by atoms with E-state index in [0.29, 0.717) is 19.8 Å². The van der Waals surface area contributed by atoms with Crippen molar-refractivity contribution in [3.8, 4) is 0 Å². The SMILES string of the molecule is CNC(C)c1cccc(NC(=O)N2CCOCC2CO)c1. The Balaban J connectivity index is 2.05. The van der Waals surface area contributed by atoms with Crippen LogP contribution in [0.25, 0.3) is 0 Å². The van der Waals surface area contributed by atoms with Gasteiger partial charge in [-0.25, -0.2) is 4.79 Å². The molecule has 1 saturated heterocycles. The van der Waals surface area contributed by atoms with E-state index in [2.05, 4.69) is 17.6 Å². The number of amides is 2. The van der Waals surface area contributed by atoms with Gasteiger partial charge in [0.25, 0.3) is 0 Å². The predicted molar refractivity (Wildman–Crippen MR) is 81.3 cm³/mol. The lowest BCUT2D eigenvalue weighted by Gasteiger charge is -2.34. The molecule has 1 aromatic rings. The lowest BCUT2D eigenvalue weighted by Crippen LogP contribution is -2.52. The minimum atomic E-state index is -0.279. The molecule has 6 heteroatoms. The van der Waals surface area contributed by atoms with Gasteiger partial charge in [0.15, 0.2) is 0 Å². The minimum Gasteiger partial charge on any atom is -0.394 e. The Hall–Kier alpha value is -1.63. The standard InChI is InChI=1S/C15H23N3O3/c1-11(16-2)12-4-3-5-13(8-12)17-15(20)18-6-7-21-10-14(18)9-19/h3-5,8,11,14,16,19H,6-7,9-10H2,1-2H3,(H,17,20). The van der Waals surface area contributed by atoms with Crippen molar-refractivity contribution in [2.75, 3.05) is 38.7 Å². The summed E-state index contributed by atoms with van der Waals surface area (Å²) in [6.07, 6.45) is 0. The second-order valence-corrected chi connectivity index (χ2v) is 5.17. The number of nitrogens with one attached hydrogen (secondary N) is 2. The number of rotatable bonds is 4. The average Bonchev–Trinajstić information content (AvgIpc) is 2.54. The molecule has 0 radical (unpaired) electrons. The molecule has 0 bridgehead atoms. The molecular weight excluding hydrogens is 270 g/mol. The van der Waals surface area contributed by atoms with Crippen LogP contribution in [-0.4, -0.2) is 55.5 Å². The first-order valence-electron chi connectivity index (χ1n) is 7.19. The highest BCUT2D eigenvalue weighted by Crippen LogP contribution is 2.18. The number of aliphatic hydroxyl groups is 1. The largest absolute Gasteiger partial charge is 0.394 e. The Labute approximate surface area is 125 Å². The number of carbonyl (C=O) groups is 1. The van der Waals surface area contributed by atoms with Crippen LogP contribution in [0, 0.1) is 0 Å². The lowest BCUT2D eigenvalue weighted by molar-refractivity contribution is -0.00485. The second kappa shape index (κ2) is 7.40. The number of benzene rings is 1. The fraction of sp³-hybridized carbons (Fsp3) is 0.533. The maximum absolute atomic E-state index is 12.3. The van der Waals surface area contributed by atoms with Gasteiger partial charge in [-0.15, -0.1) is 0 Å². The molecule has 0 spiro atoms. The van der Waals surface area contributed by atoms with E-state index in [1.165, 1.54) is 0 Å². The third kappa shape index (κ3) is 3.93. The van der Waals surface area contributed by atoms with E-state index in [9.17, 15) is 9.90 Å². The molecule has 6 nitrogen and oxygen atoms in total. The normalized spacial score (nSPS) is 20.1. The smallest absolute Gasteiger partial charge is 0.322 e. The predicted octanol–water partition coefficient (Wildman–Crippen LogP) is 1.19. The highest BCUT2D eigenvalue weighted by atomic mass is 16.5. The van der Waals surface area contributed by atoms with E-state index in [0.717, 1.165) is 11.3 Å². The Bertz CT molecular complexity index is 481. The number of urea groups is 1. The summed E-state index contributed by atoms with van der Waals surface area (Å²) in [5, 5.41) is 15.4. The van der Waals surface area contributed by atoms with E-state index in [-0.39, 0.29) is 24.7 Å². The molecule has 1 aromatic carbocycles. The summed E-state index contributed by atoms with van der Waals surface area (Å²) in [6.45, 7) is 3.33. The van der Waals surface area contributed by atoms with Gasteiger partial charge in [-0.05, 0) is 31.7 Å². The Morgan fingerprint density at radius 2 is 2.38 bits per heavy atom. The molecule has 21 heavy (non-hydrogen) atoms. The minimum absolute atomic E-state index is 0.0930. The molecule has 0 saturated carbocycles. The first kappa shape index (κ1) is 15.8. The van der Waals surface area contributed by atoms with Crippen LogP contribution in [0.2, 0.25) is 0 Å². The number of ether oxygens (including phenoxy) is 1. The van der Waals surface area contributed by atoms with Crippen molar-refractivity contribution >= 4 is 11.7 Å². The van der Waals surface area contributed by atoms with Crippen LogP contribution in [0.4, 0.5) is 10.5 Å². The zero-order chi connectivity index (χ0) is 15.2. The summed E-state index contributed by atoms with van der Waals surface area (Å²) in [4.78, 5) is 13.9. The number of hydrogen-bond acceptors (Lipinski definition) is 4. The summed E-state index contributed by atoms with van der Waals surface area (Å²) in [6, 6.07) is 7.48. The zero-order valence-electron chi connectivity index (χ0n) is 12.5. The fourth-order valence-electron chi connectivity index (χ4n) is 2.32. The molecule has 0 aliphatic carbocycles. The summed E-state index contributed by atoms with van der Waals surface area (Å²) < 4.78 is 5.28. The molecule has 2 amide bonds. The van der Waals surface area contributed by atoms with Crippen LogP contribution < -0.4 is 10.6 Å². The second-order valence-electron chi connectivity index (χ2n) is 5.17. The third-order valence-electron chi connectivity index (χ3n) is 3.77. The number of anilines is 1. The van der Waals surface area contributed by atoms with Gasteiger partial charge in [0.1, 0.15) is 0 Å². The average molecular weight is 293 g/mol. The Morgan fingerprint density at radius 3 is 3.10 bits per heavy atom. The first-order valence-corrected chi connectivity index (χ1v) is 7.19. The van der Waals surface area contributed by atoms with Gasteiger partial charge in [-0.2, -0.15) is 0 Å². The van der Waals surface area contributed by atoms with E-state index >= 15 is 0 Å². The maximum Gasteiger partial charge on any atom is 0.322 e. The van der Waals surface area contributed by atoms with Crippen molar-refractivity contribution < 1.29 is 14.6 Å². The van der Waals surface area contributed by atoms with E-state index in [1.807, 2.05) is 31.3 Å². The molecule has 1 aliphatic heterocycles. The maximum atomic E-state index is 12.3. The van der Waals surface area contributed by atoms with Crippen molar-refractivity contribution in [2.24, 2.45) is 0 Å². The Morgan fingerprint density at radius 1 is 1.57 bits per heavy atom. The van der Waals surface area contributed by atoms with E-state index in [1.54, 1.807) is 4.90 Å². The van der Waals surface area contributed by atoms with Crippen LogP contribution in [0.3, 0.4) is 0 Å². The van der Waals surface area contributed by atoms with Crippen molar-refractivity contribution in [1.29, 1.82) is 0 Å². The van der Waals surface area contributed by atoms with Gasteiger partial charge >= 0.3 is 6.03 Å². The molecule has 2 atom stereocenters. The third-order valence-corrected chi connectivity index (χ3v) is 3.77. The summed E-state index contributed by atoms with van der Waals surface area (Å²) >= 11 is 0. The molecule has 1 aliphatic rings.